The third kappa shape index (κ3) is 3.15. The Morgan fingerprint density at radius 1 is 1.13 bits per heavy atom. The van der Waals surface area contributed by atoms with Gasteiger partial charge in [0.1, 0.15) is 17.6 Å². The van der Waals surface area contributed by atoms with Crippen LogP contribution in [-0.4, -0.2) is 11.2 Å². The van der Waals surface area contributed by atoms with Crippen LogP contribution >= 0.6 is 0 Å². The monoisotopic (exact) mass is 208 g/mol. The molecule has 1 fully saturated rings. The van der Waals surface area contributed by atoms with Gasteiger partial charge >= 0.3 is 0 Å². The summed E-state index contributed by atoms with van der Waals surface area (Å²) in [6.45, 7) is 6.20. The largest absolute Gasteiger partial charge is 0.508 e. The van der Waals surface area contributed by atoms with E-state index in [4.69, 9.17) is 9.84 Å². The van der Waals surface area contributed by atoms with Crippen LogP contribution in [0.25, 0.3) is 0 Å². The lowest BCUT2D eigenvalue weighted by atomic mass is 9.83. The minimum atomic E-state index is 0.286. The van der Waals surface area contributed by atoms with Crippen LogP contribution in [0.4, 0.5) is 0 Å². The Bertz CT molecular complexity index is 279. The SMILES string of the molecule is CC.CC1CCC1Oc1ccc(O)cc1. The van der Waals surface area contributed by atoms with Gasteiger partial charge in [-0.1, -0.05) is 20.8 Å². The van der Waals surface area contributed by atoms with E-state index in [9.17, 15) is 0 Å². The van der Waals surface area contributed by atoms with Gasteiger partial charge in [-0.2, -0.15) is 0 Å². The average molecular weight is 208 g/mol. The highest BCUT2D eigenvalue weighted by molar-refractivity contribution is 5.30. The van der Waals surface area contributed by atoms with Gasteiger partial charge in [0.15, 0.2) is 0 Å². The van der Waals surface area contributed by atoms with Gasteiger partial charge in [-0.05, 0) is 43.0 Å². The van der Waals surface area contributed by atoms with Crippen LogP contribution in [-0.2, 0) is 0 Å². The Kier molecular flexibility index (Phi) is 4.47. The smallest absolute Gasteiger partial charge is 0.120 e. The summed E-state index contributed by atoms with van der Waals surface area (Å²) >= 11 is 0. The van der Waals surface area contributed by atoms with Gasteiger partial charge < -0.3 is 9.84 Å². The molecule has 15 heavy (non-hydrogen) atoms. The molecule has 2 atom stereocenters. The maximum atomic E-state index is 9.06. The molecule has 1 aromatic rings. The van der Waals surface area contributed by atoms with Gasteiger partial charge in [-0.15, -0.1) is 0 Å². The van der Waals surface area contributed by atoms with Crippen molar-refractivity contribution in [3.05, 3.63) is 24.3 Å². The lowest BCUT2D eigenvalue weighted by molar-refractivity contribution is 0.0576. The average Bonchev–Trinajstić information content (AvgIpc) is 2.29. The van der Waals surface area contributed by atoms with Crippen LogP contribution in [0.15, 0.2) is 24.3 Å². The Balaban J connectivity index is 0.000000531. The topological polar surface area (TPSA) is 29.5 Å². The third-order valence-corrected chi connectivity index (χ3v) is 2.67. The normalized spacial score (nSPS) is 23.4. The van der Waals surface area contributed by atoms with Crippen LogP contribution in [0.2, 0.25) is 0 Å². The quantitative estimate of drug-likeness (QED) is 0.804. The lowest BCUT2D eigenvalue weighted by Gasteiger charge is -2.33. The number of hydrogen-bond donors (Lipinski definition) is 1. The van der Waals surface area contributed by atoms with Crippen molar-refractivity contribution in [3.63, 3.8) is 0 Å². The first-order chi connectivity index (χ1) is 7.25. The van der Waals surface area contributed by atoms with Crippen molar-refractivity contribution in [2.45, 2.75) is 39.7 Å². The number of benzene rings is 1. The Hall–Kier alpha value is -1.18. The molecule has 2 rings (SSSR count). The molecule has 1 aliphatic rings. The number of phenols is 1. The van der Waals surface area contributed by atoms with Crippen molar-refractivity contribution in [3.8, 4) is 11.5 Å². The second-order valence-electron chi connectivity index (χ2n) is 3.70. The van der Waals surface area contributed by atoms with Crippen LogP contribution in [0.3, 0.4) is 0 Å². The summed E-state index contributed by atoms with van der Waals surface area (Å²) in [6.07, 6.45) is 2.80. The Labute approximate surface area is 91.9 Å². The molecule has 2 heteroatoms. The zero-order valence-corrected chi connectivity index (χ0v) is 9.73. The predicted octanol–water partition coefficient (Wildman–Crippen LogP) is 3.60. The van der Waals surface area contributed by atoms with Gasteiger partial charge in [0.25, 0.3) is 0 Å². The summed E-state index contributed by atoms with van der Waals surface area (Å²) in [5.74, 6) is 1.82. The lowest BCUT2D eigenvalue weighted by Crippen LogP contribution is -2.34. The van der Waals surface area contributed by atoms with Crippen molar-refractivity contribution >= 4 is 0 Å². The molecule has 0 aromatic heterocycles. The molecule has 1 saturated carbocycles. The molecule has 84 valence electrons. The van der Waals surface area contributed by atoms with Crippen molar-refractivity contribution < 1.29 is 9.84 Å². The van der Waals surface area contributed by atoms with E-state index in [2.05, 4.69) is 6.92 Å². The third-order valence-electron chi connectivity index (χ3n) is 2.67. The van der Waals surface area contributed by atoms with Gasteiger partial charge in [-0.3, -0.25) is 0 Å². The first-order valence-corrected chi connectivity index (χ1v) is 5.71. The zero-order valence-electron chi connectivity index (χ0n) is 9.73. The van der Waals surface area contributed by atoms with Gasteiger partial charge in [0, 0.05) is 0 Å². The zero-order chi connectivity index (χ0) is 11.3. The van der Waals surface area contributed by atoms with Gasteiger partial charge in [-0.25, -0.2) is 0 Å². The molecular weight excluding hydrogens is 188 g/mol. The van der Waals surface area contributed by atoms with Gasteiger partial charge in [0.05, 0.1) is 0 Å². The minimum absolute atomic E-state index is 0.286. The predicted molar refractivity (Wildman–Crippen MR) is 62.3 cm³/mol. The molecule has 0 radical (unpaired) electrons. The van der Waals surface area contributed by atoms with Crippen LogP contribution in [0.1, 0.15) is 33.6 Å². The number of aromatic hydroxyl groups is 1. The van der Waals surface area contributed by atoms with Gasteiger partial charge in [0.2, 0.25) is 0 Å². The number of phenolic OH excluding ortho intramolecular Hbond substituents is 1. The highest BCUT2D eigenvalue weighted by Gasteiger charge is 2.28. The minimum Gasteiger partial charge on any atom is -0.508 e. The summed E-state index contributed by atoms with van der Waals surface area (Å²) in [5.41, 5.74) is 0. The van der Waals surface area contributed by atoms with Crippen molar-refractivity contribution in [1.29, 1.82) is 0 Å². The van der Waals surface area contributed by atoms with Crippen LogP contribution in [0, 0.1) is 5.92 Å². The molecule has 0 saturated heterocycles. The van der Waals surface area contributed by atoms with Crippen molar-refractivity contribution in [2.24, 2.45) is 5.92 Å². The molecule has 0 aliphatic heterocycles. The highest BCUT2D eigenvalue weighted by Crippen LogP contribution is 2.31. The second kappa shape index (κ2) is 5.64. The van der Waals surface area contributed by atoms with E-state index in [1.54, 1.807) is 24.3 Å². The summed E-state index contributed by atoms with van der Waals surface area (Å²) in [6, 6.07) is 6.91. The molecule has 0 bridgehead atoms. The molecule has 0 amide bonds. The molecule has 2 nitrogen and oxygen atoms in total. The standard InChI is InChI=1S/C11H14O2.C2H6/c1-8-2-7-11(8)13-10-5-3-9(12)4-6-10;1-2/h3-6,8,11-12H,2,7H2,1H3;1-2H3. The van der Waals surface area contributed by atoms with E-state index in [1.165, 1.54) is 6.42 Å². The molecule has 1 N–H and O–H groups in total. The Morgan fingerprint density at radius 2 is 1.73 bits per heavy atom. The second-order valence-corrected chi connectivity index (χ2v) is 3.70. The van der Waals surface area contributed by atoms with Crippen molar-refractivity contribution in [2.75, 3.05) is 0 Å². The maximum Gasteiger partial charge on any atom is 0.120 e. The molecule has 1 aliphatic carbocycles. The number of ether oxygens (including phenoxy) is 1. The van der Waals surface area contributed by atoms with Crippen LogP contribution in [0.5, 0.6) is 11.5 Å². The van der Waals surface area contributed by atoms with E-state index in [0.29, 0.717) is 12.0 Å². The number of rotatable bonds is 2. The van der Waals surface area contributed by atoms with E-state index in [1.807, 2.05) is 13.8 Å². The Morgan fingerprint density at radius 3 is 2.13 bits per heavy atom. The van der Waals surface area contributed by atoms with E-state index >= 15 is 0 Å². The fraction of sp³-hybridized carbons (Fsp3) is 0.538. The fourth-order valence-electron chi connectivity index (χ4n) is 1.51. The summed E-state index contributed by atoms with van der Waals surface area (Å²) in [5, 5.41) is 9.06. The van der Waals surface area contributed by atoms with E-state index in [-0.39, 0.29) is 5.75 Å². The molecule has 0 heterocycles. The highest BCUT2D eigenvalue weighted by atomic mass is 16.5. The maximum absolute atomic E-state index is 9.06. The van der Waals surface area contributed by atoms with E-state index < -0.39 is 0 Å². The molecule has 2 unspecified atom stereocenters. The van der Waals surface area contributed by atoms with Crippen molar-refractivity contribution in [1.82, 2.24) is 0 Å². The molecular formula is C13H20O2. The molecule has 1 aromatic carbocycles. The summed E-state index contributed by atoms with van der Waals surface area (Å²) in [7, 11) is 0. The summed E-state index contributed by atoms with van der Waals surface area (Å²) in [4.78, 5) is 0. The van der Waals surface area contributed by atoms with E-state index in [0.717, 1.165) is 12.2 Å². The fourth-order valence-corrected chi connectivity index (χ4v) is 1.51. The first-order valence-electron chi connectivity index (χ1n) is 5.71. The molecule has 0 spiro atoms. The number of hydrogen-bond acceptors (Lipinski definition) is 2. The van der Waals surface area contributed by atoms with Crippen LogP contribution < -0.4 is 4.74 Å². The first kappa shape index (κ1) is 11.9. The summed E-state index contributed by atoms with van der Waals surface area (Å²) < 4.78 is 5.71.